The van der Waals surface area contributed by atoms with E-state index >= 15 is 0 Å². The van der Waals surface area contributed by atoms with Gasteiger partial charge in [0.15, 0.2) is 0 Å². The van der Waals surface area contributed by atoms with Gasteiger partial charge in [-0.15, -0.1) is 0 Å². The van der Waals surface area contributed by atoms with E-state index in [1.54, 1.807) is 24.5 Å². The van der Waals surface area contributed by atoms with Crippen molar-refractivity contribution in [2.24, 2.45) is 0 Å². The lowest BCUT2D eigenvalue weighted by Crippen LogP contribution is -2.44. The third-order valence-electron chi connectivity index (χ3n) is 4.68. The summed E-state index contributed by atoms with van der Waals surface area (Å²) in [6, 6.07) is 0.223. The number of aromatic amines is 1. The largest absolute Gasteiger partial charge is 0.367 e. The summed E-state index contributed by atoms with van der Waals surface area (Å²) in [5.41, 5.74) is 2.03. The highest BCUT2D eigenvalue weighted by atomic mass is 32.2. The molecule has 24 heavy (non-hydrogen) atoms. The molecule has 2 aromatic rings. The Labute approximate surface area is 142 Å². The lowest BCUT2D eigenvalue weighted by atomic mass is 10.1. The number of sulfonamides is 1. The second-order valence-electron chi connectivity index (χ2n) is 6.52. The van der Waals surface area contributed by atoms with Crippen LogP contribution in [0.1, 0.15) is 39.2 Å². The van der Waals surface area contributed by atoms with Gasteiger partial charge in [0.1, 0.15) is 17.8 Å². The minimum atomic E-state index is -3.16. The van der Waals surface area contributed by atoms with Gasteiger partial charge in [-0.05, 0) is 38.7 Å². The summed E-state index contributed by atoms with van der Waals surface area (Å²) in [7, 11) is -3.16. The number of anilines is 1. The van der Waals surface area contributed by atoms with Crippen LogP contribution in [0.5, 0.6) is 0 Å². The molecular weight excluding hydrogens is 326 g/mol. The third kappa shape index (κ3) is 3.12. The second-order valence-corrected chi connectivity index (χ2v) is 9.01. The Morgan fingerprint density at radius 3 is 2.67 bits per heavy atom. The van der Waals surface area contributed by atoms with Crippen LogP contribution in [0.3, 0.4) is 0 Å². The predicted molar refractivity (Wildman–Crippen MR) is 95.5 cm³/mol. The number of aromatic nitrogens is 3. The highest BCUT2D eigenvalue weighted by Gasteiger charge is 2.30. The lowest BCUT2D eigenvalue weighted by molar-refractivity contribution is 0.327. The minimum absolute atomic E-state index is 0.223. The molecule has 2 N–H and O–H groups in total. The third-order valence-corrected chi connectivity index (χ3v) is 6.96. The Morgan fingerprint density at radius 1 is 1.33 bits per heavy atom. The molecule has 2 aromatic heterocycles. The summed E-state index contributed by atoms with van der Waals surface area (Å²) in [6.45, 7) is 6.68. The molecule has 1 aliphatic rings. The van der Waals surface area contributed by atoms with Gasteiger partial charge in [-0.1, -0.05) is 6.92 Å². The van der Waals surface area contributed by atoms with Crippen molar-refractivity contribution in [2.75, 3.05) is 18.4 Å². The molecule has 0 radical (unpaired) electrons. The standard InChI is InChI=1S/C16H25N5O2S/c1-4-12-9-17-15-14(12)16(19-10-18-15)20-13-5-7-21(8-6-13)24(22,23)11(2)3/h9-11,13H,4-8H2,1-3H3,(H2,17,18,19,20). The molecule has 0 atom stereocenters. The fraction of sp³-hybridized carbons (Fsp3) is 0.625. The highest BCUT2D eigenvalue weighted by molar-refractivity contribution is 7.89. The van der Waals surface area contributed by atoms with Crippen LogP contribution in [0, 0.1) is 0 Å². The first-order valence-corrected chi connectivity index (χ1v) is 10.00. The summed E-state index contributed by atoms with van der Waals surface area (Å²) in [4.78, 5) is 11.9. The zero-order chi connectivity index (χ0) is 17.3. The molecule has 1 fully saturated rings. The molecule has 1 aliphatic heterocycles. The van der Waals surface area contributed by atoms with E-state index in [9.17, 15) is 8.42 Å². The van der Waals surface area contributed by atoms with Crippen molar-refractivity contribution in [2.45, 2.75) is 51.3 Å². The van der Waals surface area contributed by atoms with Crippen LogP contribution in [0.4, 0.5) is 5.82 Å². The van der Waals surface area contributed by atoms with Crippen molar-refractivity contribution in [3.05, 3.63) is 18.1 Å². The molecule has 0 unspecified atom stereocenters. The fourth-order valence-electron chi connectivity index (χ4n) is 3.16. The van der Waals surface area contributed by atoms with E-state index in [1.165, 1.54) is 5.56 Å². The number of H-pyrrole nitrogens is 1. The maximum absolute atomic E-state index is 12.3. The fourth-order valence-corrected chi connectivity index (χ4v) is 4.48. The summed E-state index contributed by atoms with van der Waals surface area (Å²) in [5, 5.41) is 4.17. The average Bonchev–Trinajstić information content (AvgIpc) is 2.99. The van der Waals surface area contributed by atoms with E-state index in [2.05, 4.69) is 27.2 Å². The Bertz CT molecular complexity index is 807. The molecule has 8 heteroatoms. The summed E-state index contributed by atoms with van der Waals surface area (Å²) < 4.78 is 26.1. The number of nitrogens with zero attached hydrogens (tertiary/aromatic N) is 3. The first-order valence-electron chi connectivity index (χ1n) is 8.50. The Morgan fingerprint density at radius 2 is 2.04 bits per heavy atom. The average molecular weight is 351 g/mol. The summed E-state index contributed by atoms with van der Waals surface area (Å²) in [5.74, 6) is 0.836. The van der Waals surface area contributed by atoms with E-state index < -0.39 is 10.0 Å². The first kappa shape index (κ1) is 17.2. The number of hydrogen-bond donors (Lipinski definition) is 2. The zero-order valence-corrected chi connectivity index (χ0v) is 15.2. The van der Waals surface area contributed by atoms with Gasteiger partial charge in [-0.3, -0.25) is 0 Å². The number of hydrogen-bond acceptors (Lipinski definition) is 5. The van der Waals surface area contributed by atoms with E-state index in [0.29, 0.717) is 13.1 Å². The van der Waals surface area contributed by atoms with Crippen molar-refractivity contribution in [1.29, 1.82) is 0 Å². The van der Waals surface area contributed by atoms with Gasteiger partial charge in [0.2, 0.25) is 10.0 Å². The number of piperidine rings is 1. The van der Waals surface area contributed by atoms with Crippen molar-refractivity contribution >= 4 is 26.9 Å². The van der Waals surface area contributed by atoms with Gasteiger partial charge in [0.05, 0.1) is 10.6 Å². The smallest absolute Gasteiger partial charge is 0.216 e. The molecule has 0 aromatic carbocycles. The molecule has 1 saturated heterocycles. The molecular formula is C16H25N5O2S. The van der Waals surface area contributed by atoms with Crippen LogP contribution in [0.2, 0.25) is 0 Å². The maximum atomic E-state index is 12.3. The number of fused-ring (bicyclic) bond motifs is 1. The number of aryl methyl sites for hydroxylation is 1. The van der Waals surface area contributed by atoms with Crippen molar-refractivity contribution in [3.8, 4) is 0 Å². The SMILES string of the molecule is CCc1c[nH]c2ncnc(NC3CCN(S(=O)(=O)C(C)C)CC3)c12. The summed E-state index contributed by atoms with van der Waals surface area (Å²) >= 11 is 0. The van der Waals surface area contributed by atoms with Gasteiger partial charge in [0, 0.05) is 25.3 Å². The zero-order valence-electron chi connectivity index (χ0n) is 14.4. The molecule has 0 spiro atoms. The summed E-state index contributed by atoms with van der Waals surface area (Å²) in [6.07, 6.45) is 6.00. The molecule has 0 amide bonds. The molecule has 0 saturated carbocycles. The number of nitrogens with one attached hydrogen (secondary N) is 2. The quantitative estimate of drug-likeness (QED) is 0.861. The van der Waals surface area contributed by atoms with E-state index in [0.717, 1.165) is 36.1 Å². The van der Waals surface area contributed by atoms with Crippen LogP contribution in [-0.2, 0) is 16.4 Å². The van der Waals surface area contributed by atoms with Gasteiger partial charge in [-0.2, -0.15) is 0 Å². The van der Waals surface area contributed by atoms with E-state index in [1.807, 2.05) is 6.20 Å². The van der Waals surface area contributed by atoms with Gasteiger partial charge >= 0.3 is 0 Å². The van der Waals surface area contributed by atoms with Crippen LogP contribution in [0.25, 0.3) is 11.0 Å². The topological polar surface area (TPSA) is 91.0 Å². The molecule has 3 heterocycles. The minimum Gasteiger partial charge on any atom is -0.367 e. The van der Waals surface area contributed by atoms with Gasteiger partial charge < -0.3 is 10.3 Å². The van der Waals surface area contributed by atoms with Gasteiger partial charge in [0.25, 0.3) is 0 Å². The molecule has 132 valence electrons. The van der Waals surface area contributed by atoms with Gasteiger partial charge in [-0.25, -0.2) is 22.7 Å². The van der Waals surface area contributed by atoms with Crippen LogP contribution >= 0.6 is 0 Å². The molecule has 0 aliphatic carbocycles. The molecule has 7 nitrogen and oxygen atoms in total. The van der Waals surface area contributed by atoms with E-state index in [-0.39, 0.29) is 11.3 Å². The van der Waals surface area contributed by atoms with Crippen molar-refractivity contribution < 1.29 is 8.42 Å². The normalized spacial score (nSPS) is 17.7. The van der Waals surface area contributed by atoms with Crippen LogP contribution in [-0.4, -0.2) is 52.1 Å². The monoisotopic (exact) mass is 351 g/mol. The Kier molecular flexibility index (Phi) is 4.78. The second kappa shape index (κ2) is 6.68. The maximum Gasteiger partial charge on any atom is 0.216 e. The van der Waals surface area contributed by atoms with E-state index in [4.69, 9.17) is 0 Å². The van der Waals surface area contributed by atoms with Crippen LogP contribution < -0.4 is 5.32 Å². The first-order chi connectivity index (χ1) is 11.4. The Hall–Kier alpha value is -1.67. The van der Waals surface area contributed by atoms with Crippen molar-refractivity contribution in [3.63, 3.8) is 0 Å². The number of rotatable bonds is 5. The van der Waals surface area contributed by atoms with Crippen LogP contribution in [0.15, 0.2) is 12.5 Å². The predicted octanol–water partition coefficient (Wildman–Crippen LogP) is 2.13. The Balaban J connectivity index is 1.72. The molecule has 3 rings (SSSR count). The molecule has 0 bridgehead atoms. The van der Waals surface area contributed by atoms with Crippen molar-refractivity contribution in [1.82, 2.24) is 19.3 Å². The highest BCUT2D eigenvalue weighted by Crippen LogP contribution is 2.26. The lowest BCUT2D eigenvalue weighted by Gasteiger charge is -2.33.